The zero-order chi connectivity index (χ0) is 27.2. The number of esters is 1. The van der Waals surface area contributed by atoms with Crippen LogP contribution in [-0.2, 0) is 22.8 Å². The molecule has 1 heterocycles. The van der Waals surface area contributed by atoms with Crippen LogP contribution in [-0.4, -0.2) is 28.8 Å². The summed E-state index contributed by atoms with van der Waals surface area (Å²) in [6, 6.07) is 7.78. The van der Waals surface area contributed by atoms with Crippen molar-refractivity contribution < 1.29 is 36.6 Å². The van der Waals surface area contributed by atoms with Gasteiger partial charge in [-0.1, -0.05) is 37.6 Å². The van der Waals surface area contributed by atoms with Crippen LogP contribution in [0, 0.1) is 5.82 Å². The lowest BCUT2D eigenvalue weighted by Gasteiger charge is -2.16. The van der Waals surface area contributed by atoms with E-state index in [-0.39, 0.29) is 37.5 Å². The summed E-state index contributed by atoms with van der Waals surface area (Å²) in [4.78, 5) is 36.2. The molecule has 0 aliphatic heterocycles. The number of halogens is 5. The molecule has 2 aromatic carbocycles. The highest BCUT2D eigenvalue weighted by atomic mass is 35.5. The molecule has 194 valence electrons. The maximum atomic E-state index is 14.7. The standard InChI is InChI=1S/C21H15ClF4N2O6.C2H6/c1-27-17(21(24,25)26)9-18(29)28(20(27)31)13-8-16(11(22)7-12(13)23)34-15-6-4-3-5-14(15)33-10-19(30)32-2;1-2/h3-9H,10H2,1-2H3;1-2H3. The maximum Gasteiger partial charge on any atom is 0.431 e. The summed E-state index contributed by atoms with van der Waals surface area (Å²) in [6.45, 7) is 3.55. The highest BCUT2D eigenvalue weighted by Crippen LogP contribution is 2.37. The lowest BCUT2D eigenvalue weighted by molar-refractivity contribution is -0.144. The normalized spacial score (nSPS) is 10.8. The van der Waals surface area contributed by atoms with Gasteiger partial charge in [-0.25, -0.2) is 18.5 Å². The van der Waals surface area contributed by atoms with Gasteiger partial charge in [0.15, 0.2) is 18.1 Å². The number of nitrogens with zero attached hydrogens (tertiary/aromatic N) is 2. The molecule has 0 fully saturated rings. The van der Waals surface area contributed by atoms with Crippen molar-refractivity contribution in [3.63, 3.8) is 0 Å². The van der Waals surface area contributed by atoms with Gasteiger partial charge in [0.25, 0.3) is 5.56 Å². The van der Waals surface area contributed by atoms with Crippen molar-refractivity contribution in [1.82, 2.24) is 9.13 Å². The third kappa shape index (κ3) is 6.25. The van der Waals surface area contributed by atoms with Crippen LogP contribution in [0.4, 0.5) is 17.6 Å². The summed E-state index contributed by atoms with van der Waals surface area (Å²) in [5.41, 5.74) is -5.04. The van der Waals surface area contributed by atoms with Gasteiger partial charge in [0.1, 0.15) is 17.3 Å². The number of ether oxygens (including phenoxy) is 3. The molecule has 0 N–H and O–H groups in total. The molecule has 8 nitrogen and oxygen atoms in total. The lowest BCUT2D eigenvalue weighted by atomic mass is 10.2. The average molecular weight is 533 g/mol. The van der Waals surface area contributed by atoms with Crippen LogP contribution < -0.4 is 20.7 Å². The van der Waals surface area contributed by atoms with Crippen LogP contribution in [0.3, 0.4) is 0 Å². The molecule has 0 bridgehead atoms. The van der Waals surface area contributed by atoms with Crippen molar-refractivity contribution in [2.24, 2.45) is 7.05 Å². The fourth-order valence-electron chi connectivity index (χ4n) is 2.86. The average Bonchev–Trinajstić information content (AvgIpc) is 2.83. The minimum atomic E-state index is -4.98. The number of methoxy groups -OCH3 is 1. The van der Waals surface area contributed by atoms with Gasteiger partial charge >= 0.3 is 17.8 Å². The van der Waals surface area contributed by atoms with E-state index in [9.17, 15) is 31.9 Å². The number of hydrogen-bond acceptors (Lipinski definition) is 6. The van der Waals surface area contributed by atoms with E-state index in [0.717, 1.165) is 19.2 Å². The Labute approximate surface area is 207 Å². The van der Waals surface area contributed by atoms with Crippen molar-refractivity contribution in [2.75, 3.05) is 13.7 Å². The Morgan fingerprint density at radius 1 is 1.03 bits per heavy atom. The Morgan fingerprint density at radius 2 is 1.64 bits per heavy atom. The molecule has 1 aromatic heterocycles. The van der Waals surface area contributed by atoms with Gasteiger partial charge in [-0.3, -0.25) is 9.36 Å². The Bertz CT molecular complexity index is 1370. The number of hydrogen-bond donors (Lipinski definition) is 0. The first kappa shape index (κ1) is 28.4. The van der Waals surface area contributed by atoms with E-state index in [2.05, 4.69) is 4.74 Å². The molecule has 0 spiro atoms. The van der Waals surface area contributed by atoms with E-state index in [1.54, 1.807) is 12.1 Å². The van der Waals surface area contributed by atoms with Crippen molar-refractivity contribution in [3.8, 4) is 22.9 Å². The Kier molecular flexibility index (Phi) is 9.29. The van der Waals surface area contributed by atoms with Crippen LogP contribution in [0.1, 0.15) is 19.5 Å². The Balaban J connectivity index is 0.00000222. The molecule has 0 amide bonds. The van der Waals surface area contributed by atoms with Crippen molar-refractivity contribution in [1.29, 1.82) is 0 Å². The molecular weight excluding hydrogens is 512 g/mol. The quantitative estimate of drug-likeness (QED) is 0.337. The molecular formula is C23H21ClF4N2O6. The van der Waals surface area contributed by atoms with Gasteiger partial charge in [0.2, 0.25) is 0 Å². The van der Waals surface area contributed by atoms with E-state index in [1.807, 2.05) is 13.8 Å². The van der Waals surface area contributed by atoms with Crippen molar-refractivity contribution in [3.05, 3.63) is 79.8 Å². The number of benzene rings is 2. The molecule has 0 radical (unpaired) electrons. The highest BCUT2D eigenvalue weighted by Gasteiger charge is 2.35. The predicted octanol–water partition coefficient (Wildman–Crippen LogP) is 4.72. The number of alkyl halides is 3. The summed E-state index contributed by atoms with van der Waals surface area (Å²) in [5.74, 6) is -1.97. The monoisotopic (exact) mass is 532 g/mol. The molecule has 0 aliphatic carbocycles. The minimum Gasteiger partial charge on any atom is -0.478 e. The number of carbonyl (C=O) groups is 1. The van der Waals surface area contributed by atoms with Gasteiger partial charge in [-0.05, 0) is 18.2 Å². The van der Waals surface area contributed by atoms with Crippen molar-refractivity contribution >= 4 is 17.6 Å². The third-order valence-electron chi connectivity index (χ3n) is 4.50. The van der Waals surface area contributed by atoms with Gasteiger partial charge in [-0.2, -0.15) is 13.2 Å². The minimum absolute atomic E-state index is 0.0264. The van der Waals surface area contributed by atoms with Crippen LogP contribution in [0.15, 0.2) is 52.1 Å². The maximum absolute atomic E-state index is 14.7. The molecule has 0 saturated heterocycles. The molecule has 0 aliphatic rings. The number of rotatable bonds is 6. The smallest absolute Gasteiger partial charge is 0.431 e. The number of carbonyl (C=O) groups excluding carboxylic acids is 1. The zero-order valence-corrected chi connectivity index (χ0v) is 20.2. The second-order valence-corrected chi connectivity index (χ2v) is 7.10. The van der Waals surface area contributed by atoms with Gasteiger partial charge in [-0.15, -0.1) is 0 Å². The molecule has 3 rings (SSSR count). The lowest BCUT2D eigenvalue weighted by Crippen LogP contribution is -2.41. The zero-order valence-electron chi connectivity index (χ0n) is 19.5. The predicted molar refractivity (Wildman–Crippen MR) is 123 cm³/mol. The summed E-state index contributed by atoms with van der Waals surface area (Å²) >= 11 is 6.04. The fraction of sp³-hybridized carbons (Fsp3) is 0.261. The van der Waals surface area contributed by atoms with E-state index < -0.39 is 47.2 Å². The molecule has 13 heteroatoms. The van der Waals surface area contributed by atoms with E-state index >= 15 is 0 Å². The first-order valence-electron chi connectivity index (χ1n) is 10.3. The molecule has 36 heavy (non-hydrogen) atoms. The fourth-order valence-corrected chi connectivity index (χ4v) is 3.04. The van der Waals surface area contributed by atoms with Gasteiger partial charge < -0.3 is 14.2 Å². The SMILES string of the molecule is CC.COC(=O)COc1ccccc1Oc1cc(-n2c(=O)cc(C(F)(F)F)n(C)c2=O)c(F)cc1Cl. The topological polar surface area (TPSA) is 88.8 Å². The number of aromatic nitrogens is 2. The first-order chi connectivity index (χ1) is 16.9. The van der Waals surface area contributed by atoms with Crippen LogP contribution in [0.25, 0.3) is 5.69 Å². The van der Waals surface area contributed by atoms with Crippen LogP contribution in [0.2, 0.25) is 5.02 Å². The Morgan fingerprint density at radius 3 is 2.22 bits per heavy atom. The van der Waals surface area contributed by atoms with Gasteiger partial charge in [0, 0.05) is 19.2 Å². The Hall–Kier alpha value is -3.80. The summed E-state index contributed by atoms with van der Waals surface area (Å²) in [6.07, 6.45) is -4.98. The van der Waals surface area contributed by atoms with E-state index in [4.69, 9.17) is 21.1 Å². The largest absolute Gasteiger partial charge is 0.478 e. The van der Waals surface area contributed by atoms with Crippen molar-refractivity contribution in [2.45, 2.75) is 20.0 Å². The van der Waals surface area contributed by atoms with Crippen LogP contribution >= 0.6 is 11.6 Å². The molecule has 0 saturated carbocycles. The second-order valence-electron chi connectivity index (χ2n) is 6.69. The molecule has 0 atom stereocenters. The first-order valence-corrected chi connectivity index (χ1v) is 10.7. The molecule has 0 unspecified atom stereocenters. The summed E-state index contributed by atoms with van der Waals surface area (Å²) in [5, 5.41) is -0.277. The van der Waals surface area contributed by atoms with E-state index in [1.165, 1.54) is 19.2 Å². The van der Waals surface area contributed by atoms with Gasteiger partial charge in [0.05, 0.1) is 17.8 Å². The van der Waals surface area contributed by atoms with Crippen LogP contribution in [0.5, 0.6) is 17.2 Å². The molecule has 3 aromatic rings. The number of para-hydroxylation sites is 2. The summed E-state index contributed by atoms with van der Waals surface area (Å²) < 4.78 is 69.8. The highest BCUT2D eigenvalue weighted by molar-refractivity contribution is 6.32. The summed E-state index contributed by atoms with van der Waals surface area (Å²) in [7, 11) is 1.96. The third-order valence-corrected chi connectivity index (χ3v) is 4.79. The second kappa shape index (κ2) is 11.8. The van der Waals surface area contributed by atoms with E-state index in [0.29, 0.717) is 0 Å².